The molecule has 14 heavy (non-hydrogen) atoms. The number of aldehydes is 1. The van der Waals surface area contributed by atoms with Crippen molar-refractivity contribution in [2.45, 2.75) is 19.8 Å². The van der Waals surface area contributed by atoms with Gasteiger partial charge in [0.15, 0.2) is 6.29 Å². The van der Waals surface area contributed by atoms with Crippen molar-refractivity contribution in [3.8, 4) is 5.75 Å². The van der Waals surface area contributed by atoms with Crippen molar-refractivity contribution in [3.63, 3.8) is 0 Å². The van der Waals surface area contributed by atoms with Crippen LogP contribution in [0, 0.1) is 0 Å². The molecule has 2 nitrogen and oxygen atoms in total. The predicted octanol–water partition coefficient (Wildman–Crippen LogP) is 3.39. The lowest BCUT2D eigenvalue weighted by Gasteiger charge is -2.11. The van der Waals surface area contributed by atoms with Gasteiger partial charge in [-0.05, 0) is 39.5 Å². The molecule has 1 aromatic carbocycles. The summed E-state index contributed by atoms with van der Waals surface area (Å²) in [6, 6.07) is 3.84. The highest BCUT2D eigenvalue weighted by Crippen LogP contribution is 2.31. The van der Waals surface area contributed by atoms with Gasteiger partial charge in [-0.2, -0.15) is 0 Å². The first-order valence-corrected chi connectivity index (χ1v) is 5.22. The Kier molecular flexibility index (Phi) is 3.69. The van der Waals surface area contributed by atoms with Crippen molar-refractivity contribution in [3.05, 3.63) is 27.7 Å². The fraction of sp³-hybridized carbons (Fsp3) is 0.364. The summed E-state index contributed by atoms with van der Waals surface area (Å²) in [5.41, 5.74) is 1.71. The maximum absolute atomic E-state index is 10.8. The van der Waals surface area contributed by atoms with Gasteiger partial charge in [-0.15, -0.1) is 0 Å². The van der Waals surface area contributed by atoms with Crippen LogP contribution in [0.3, 0.4) is 0 Å². The molecular weight excluding hydrogens is 244 g/mol. The fourth-order valence-corrected chi connectivity index (χ4v) is 1.93. The number of hydrogen-bond donors (Lipinski definition) is 0. The summed E-state index contributed by atoms with van der Waals surface area (Å²) in [4.78, 5) is 10.8. The van der Waals surface area contributed by atoms with Crippen molar-refractivity contribution in [2.75, 3.05) is 7.11 Å². The molecule has 3 heteroatoms. The maximum Gasteiger partial charge on any atom is 0.153 e. The highest BCUT2D eigenvalue weighted by atomic mass is 79.9. The van der Waals surface area contributed by atoms with Gasteiger partial charge >= 0.3 is 0 Å². The molecule has 0 aliphatic carbocycles. The molecule has 0 radical (unpaired) electrons. The molecule has 0 amide bonds. The van der Waals surface area contributed by atoms with Gasteiger partial charge in [0.25, 0.3) is 0 Å². The summed E-state index contributed by atoms with van der Waals surface area (Å²) in [6.45, 7) is 4.17. The van der Waals surface area contributed by atoms with Gasteiger partial charge in [-0.25, -0.2) is 0 Å². The molecule has 0 atom stereocenters. The van der Waals surface area contributed by atoms with Crippen LogP contribution in [0.15, 0.2) is 16.6 Å². The Labute approximate surface area is 92.4 Å². The summed E-state index contributed by atoms with van der Waals surface area (Å²) in [5.74, 6) is 1.00. The normalized spacial score (nSPS) is 10.4. The molecule has 1 aromatic rings. The van der Waals surface area contributed by atoms with Crippen LogP contribution in [0.2, 0.25) is 0 Å². The Morgan fingerprint density at radius 3 is 2.50 bits per heavy atom. The highest BCUT2D eigenvalue weighted by Gasteiger charge is 2.10. The van der Waals surface area contributed by atoms with E-state index in [2.05, 4.69) is 29.8 Å². The van der Waals surface area contributed by atoms with Crippen molar-refractivity contribution < 1.29 is 9.53 Å². The van der Waals surface area contributed by atoms with Crippen LogP contribution in [0.5, 0.6) is 5.75 Å². The number of halogens is 1. The van der Waals surface area contributed by atoms with Crippen LogP contribution in [-0.4, -0.2) is 13.4 Å². The average Bonchev–Trinajstić information content (AvgIpc) is 2.16. The van der Waals surface area contributed by atoms with Crippen LogP contribution >= 0.6 is 15.9 Å². The zero-order valence-electron chi connectivity index (χ0n) is 8.50. The van der Waals surface area contributed by atoms with Crippen molar-refractivity contribution in [1.29, 1.82) is 0 Å². The van der Waals surface area contributed by atoms with E-state index in [1.807, 2.05) is 12.1 Å². The molecule has 1 rings (SSSR count). The molecule has 0 heterocycles. The Bertz CT molecular complexity index is 345. The molecule has 0 unspecified atom stereocenters. The standard InChI is InChI=1S/C11H13BrO2/c1-7(2)8-4-9(6-13)11(14-3)10(12)5-8/h4-7H,1-3H3. The number of ether oxygens (including phenoxy) is 1. The minimum atomic E-state index is 0.399. The molecule has 0 saturated heterocycles. The second kappa shape index (κ2) is 4.60. The van der Waals surface area contributed by atoms with E-state index < -0.39 is 0 Å². The van der Waals surface area contributed by atoms with Crippen LogP contribution in [0.4, 0.5) is 0 Å². The first-order chi connectivity index (χ1) is 6.60. The molecule has 0 aliphatic heterocycles. The van der Waals surface area contributed by atoms with Crippen LogP contribution in [0.1, 0.15) is 35.7 Å². The van der Waals surface area contributed by atoms with E-state index in [0.29, 0.717) is 17.2 Å². The van der Waals surface area contributed by atoms with Gasteiger partial charge < -0.3 is 4.74 Å². The van der Waals surface area contributed by atoms with Crippen LogP contribution in [-0.2, 0) is 0 Å². The lowest BCUT2D eigenvalue weighted by Crippen LogP contribution is -1.96. The molecule has 76 valence electrons. The lowest BCUT2D eigenvalue weighted by molar-refractivity contribution is 0.112. The number of methoxy groups -OCH3 is 1. The van der Waals surface area contributed by atoms with Gasteiger partial charge in [-0.3, -0.25) is 4.79 Å². The maximum atomic E-state index is 10.8. The van der Waals surface area contributed by atoms with Crippen molar-refractivity contribution >= 4 is 22.2 Å². The Hall–Kier alpha value is -0.830. The fourth-order valence-electron chi connectivity index (χ4n) is 1.27. The summed E-state index contributed by atoms with van der Waals surface area (Å²) in [5, 5.41) is 0. The Balaban J connectivity index is 3.31. The quantitative estimate of drug-likeness (QED) is 0.776. The third kappa shape index (κ3) is 2.15. The number of rotatable bonds is 3. The first-order valence-electron chi connectivity index (χ1n) is 4.42. The monoisotopic (exact) mass is 256 g/mol. The van der Waals surface area contributed by atoms with E-state index in [0.717, 1.165) is 16.3 Å². The SMILES string of the molecule is COc1c(Br)cc(C(C)C)cc1C=O. The minimum Gasteiger partial charge on any atom is -0.495 e. The topological polar surface area (TPSA) is 26.3 Å². The van der Waals surface area contributed by atoms with Gasteiger partial charge in [-0.1, -0.05) is 13.8 Å². The number of carbonyl (C=O) groups excluding carboxylic acids is 1. The second-order valence-electron chi connectivity index (χ2n) is 3.40. The molecule has 0 fully saturated rings. The van der Waals surface area contributed by atoms with E-state index in [9.17, 15) is 4.79 Å². The third-order valence-corrected chi connectivity index (χ3v) is 2.68. The van der Waals surface area contributed by atoms with Crippen LogP contribution in [0.25, 0.3) is 0 Å². The molecule has 0 saturated carbocycles. The van der Waals surface area contributed by atoms with Gasteiger partial charge in [0.05, 0.1) is 17.1 Å². The molecule has 0 bridgehead atoms. The molecule has 0 aliphatic rings. The van der Waals surface area contributed by atoms with E-state index >= 15 is 0 Å². The van der Waals surface area contributed by atoms with E-state index in [1.165, 1.54) is 0 Å². The molecule has 0 N–H and O–H groups in total. The van der Waals surface area contributed by atoms with Crippen molar-refractivity contribution in [1.82, 2.24) is 0 Å². The predicted molar refractivity (Wildman–Crippen MR) is 60.2 cm³/mol. The Morgan fingerprint density at radius 1 is 1.43 bits per heavy atom. The molecular formula is C11H13BrO2. The van der Waals surface area contributed by atoms with Gasteiger partial charge in [0, 0.05) is 0 Å². The summed E-state index contributed by atoms with van der Waals surface area (Å²) in [7, 11) is 1.56. The van der Waals surface area contributed by atoms with Gasteiger partial charge in [0.2, 0.25) is 0 Å². The molecule has 0 spiro atoms. The third-order valence-electron chi connectivity index (χ3n) is 2.09. The number of hydrogen-bond acceptors (Lipinski definition) is 2. The highest BCUT2D eigenvalue weighted by molar-refractivity contribution is 9.10. The average molecular weight is 257 g/mol. The van der Waals surface area contributed by atoms with E-state index in [4.69, 9.17) is 4.74 Å². The lowest BCUT2D eigenvalue weighted by atomic mass is 10.0. The van der Waals surface area contributed by atoms with E-state index in [1.54, 1.807) is 7.11 Å². The number of carbonyl (C=O) groups is 1. The van der Waals surface area contributed by atoms with Gasteiger partial charge in [0.1, 0.15) is 5.75 Å². The second-order valence-corrected chi connectivity index (χ2v) is 4.25. The smallest absolute Gasteiger partial charge is 0.153 e. The number of benzene rings is 1. The summed E-state index contributed by atoms with van der Waals surface area (Å²) in [6.07, 6.45) is 0.815. The largest absolute Gasteiger partial charge is 0.495 e. The molecule has 0 aromatic heterocycles. The Morgan fingerprint density at radius 2 is 2.07 bits per heavy atom. The van der Waals surface area contributed by atoms with E-state index in [-0.39, 0.29) is 0 Å². The van der Waals surface area contributed by atoms with Crippen LogP contribution < -0.4 is 4.74 Å². The first kappa shape index (κ1) is 11.2. The summed E-state index contributed by atoms with van der Waals surface area (Å²) < 4.78 is 5.95. The van der Waals surface area contributed by atoms with Crippen molar-refractivity contribution in [2.24, 2.45) is 0 Å². The zero-order chi connectivity index (χ0) is 10.7. The zero-order valence-corrected chi connectivity index (χ0v) is 10.1. The summed E-state index contributed by atoms with van der Waals surface area (Å²) >= 11 is 3.38. The minimum absolute atomic E-state index is 0.399.